The summed E-state index contributed by atoms with van der Waals surface area (Å²) in [5.41, 5.74) is 0.757. The summed E-state index contributed by atoms with van der Waals surface area (Å²) in [6.45, 7) is 2.10. The van der Waals surface area contributed by atoms with Crippen LogP contribution < -0.4 is 15.4 Å². The van der Waals surface area contributed by atoms with Gasteiger partial charge >= 0.3 is 0 Å². The number of rotatable bonds is 8. The Bertz CT molecular complexity index is 972. The van der Waals surface area contributed by atoms with Crippen molar-refractivity contribution >= 4 is 29.1 Å². The molecule has 2 amide bonds. The van der Waals surface area contributed by atoms with Gasteiger partial charge in [-0.2, -0.15) is 0 Å². The summed E-state index contributed by atoms with van der Waals surface area (Å²) in [5, 5.41) is 6.09. The highest BCUT2D eigenvalue weighted by Gasteiger charge is 2.21. The molecule has 0 aliphatic carbocycles. The number of hydrogen-bond acceptors (Lipinski definition) is 4. The van der Waals surface area contributed by atoms with Gasteiger partial charge in [0.15, 0.2) is 6.10 Å². The second-order valence-electron chi connectivity index (χ2n) is 6.27. The minimum atomic E-state index is -0.729. The number of carbonyl (C=O) groups is 2. The smallest absolute Gasteiger partial charge is 0.265 e. The maximum atomic E-state index is 12.7. The molecule has 0 fully saturated rings. The Kier molecular flexibility index (Phi) is 6.92. The summed E-state index contributed by atoms with van der Waals surface area (Å²) in [5.74, 6) is 0.477. The van der Waals surface area contributed by atoms with Crippen molar-refractivity contribution in [1.29, 1.82) is 0 Å². The molecule has 150 valence electrons. The van der Waals surface area contributed by atoms with E-state index in [1.807, 2.05) is 6.92 Å². The van der Waals surface area contributed by atoms with Crippen LogP contribution in [0.2, 0.25) is 5.02 Å². The third-order valence-electron chi connectivity index (χ3n) is 4.17. The summed E-state index contributed by atoms with van der Waals surface area (Å²) in [7, 11) is 0. The van der Waals surface area contributed by atoms with Crippen molar-refractivity contribution in [1.82, 2.24) is 5.32 Å². The van der Waals surface area contributed by atoms with Crippen molar-refractivity contribution in [2.45, 2.75) is 26.0 Å². The first-order chi connectivity index (χ1) is 14.1. The average molecular weight is 413 g/mol. The van der Waals surface area contributed by atoms with Crippen LogP contribution in [0.4, 0.5) is 5.69 Å². The third-order valence-corrected chi connectivity index (χ3v) is 4.41. The lowest BCUT2D eigenvalue weighted by Crippen LogP contribution is -2.33. The Labute approximate surface area is 173 Å². The van der Waals surface area contributed by atoms with E-state index in [0.29, 0.717) is 34.2 Å². The molecule has 0 spiro atoms. The number of halogens is 1. The molecule has 0 aliphatic rings. The van der Waals surface area contributed by atoms with E-state index in [0.717, 1.165) is 0 Å². The molecule has 1 atom stereocenters. The van der Waals surface area contributed by atoms with Crippen LogP contribution in [-0.4, -0.2) is 17.9 Å². The van der Waals surface area contributed by atoms with Gasteiger partial charge in [0, 0.05) is 5.02 Å². The van der Waals surface area contributed by atoms with Gasteiger partial charge in [-0.05, 0) is 48.9 Å². The molecule has 3 aromatic rings. The number of hydrogen-bond donors (Lipinski definition) is 2. The van der Waals surface area contributed by atoms with E-state index in [2.05, 4.69) is 10.6 Å². The molecular formula is C22H21ClN2O4. The summed E-state index contributed by atoms with van der Waals surface area (Å²) < 4.78 is 11.0. The second-order valence-corrected chi connectivity index (χ2v) is 6.71. The highest BCUT2D eigenvalue weighted by molar-refractivity contribution is 6.30. The number of anilines is 1. The zero-order valence-electron chi connectivity index (χ0n) is 15.9. The molecule has 1 aromatic heterocycles. The summed E-state index contributed by atoms with van der Waals surface area (Å²) in [6.07, 6.45) is 1.26. The normalized spacial score (nSPS) is 11.5. The second kappa shape index (κ2) is 9.80. The van der Waals surface area contributed by atoms with Crippen LogP contribution in [0, 0.1) is 0 Å². The number of nitrogens with one attached hydrogen (secondary N) is 2. The SMILES string of the molecule is CCC(Oc1cccc(Cl)c1)C(=O)Nc1ccccc1C(=O)NCc1ccco1. The highest BCUT2D eigenvalue weighted by Crippen LogP contribution is 2.21. The van der Waals surface area contributed by atoms with Gasteiger partial charge in [-0.25, -0.2) is 0 Å². The van der Waals surface area contributed by atoms with E-state index in [1.54, 1.807) is 66.9 Å². The molecule has 2 aromatic carbocycles. The van der Waals surface area contributed by atoms with Crippen LogP contribution in [0.5, 0.6) is 5.75 Å². The number of benzene rings is 2. The van der Waals surface area contributed by atoms with Crippen molar-refractivity contribution in [2.75, 3.05) is 5.32 Å². The van der Waals surface area contributed by atoms with Crippen LogP contribution in [0.3, 0.4) is 0 Å². The van der Waals surface area contributed by atoms with Gasteiger partial charge in [-0.15, -0.1) is 0 Å². The van der Waals surface area contributed by atoms with Gasteiger partial charge < -0.3 is 19.8 Å². The summed E-state index contributed by atoms with van der Waals surface area (Å²) in [4.78, 5) is 25.3. The Morgan fingerprint density at radius 1 is 1.10 bits per heavy atom. The van der Waals surface area contributed by atoms with Crippen LogP contribution >= 0.6 is 11.6 Å². The van der Waals surface area contributed by atoms with Gasteiger partial charge in [0.1, 0.15) is 11.5 Å². The van der Waals surface area contributed by atoms with E-state index in [9.17, 15) is 9.59 Å². The Hall–Kier alpha value is -3.25. The molecule has 3 rings (SSSR count). The molecule has 1 heterocycles. The first-order valence-electron chi connectivity index (χ1n) is 9.19. The fourth-order valence-corrected chi connectivity index (χ4v) is 2.89. The van der Waals surface area contributed by atoms with Crippen molar-refractivity contribution in [3.63, 3.8) is 0 Å². The van der Waals surface area contributed by atoms with Gasteiger partial charge in [-0.3, -0.25) is 9.59 Å². The van der Waals surface area contributed by atoms with E-state index in [4.69, 9.17) is 20.8 Å². The van der Waals surface area contributed by atoms with Crippen molar-refractivity contribution in [3.8, 4) is 5.75 Å². The molecular weight excluding hydrogens is 392 g/mol. The number of carbonyl (C=O) groups excluding carboxylic acids is 2. The predicted octanol–water partition coefficient (Wildman–Crippen LogP) is 4.66. The number of furan rings is 1. The minimum Gasteiger partial charge on any atom is -0.481 e. The molecule has 1 unspecified atom stereocenters. The van der Waals surface area contributed by atoms with Gasteiger partial charge in [0.05, 0.1) is 24.1 Å². The first-order valence-corrected chi connectivity index (χ1v) is 9.57. The molecule has 2 N–H and O–H groups in total. The average Bonchev–Trinajstić information content (AvgIpc) is 3.24. The molecule has 0 radical (unpaired) electrons. The fraction of sp³-hybridized carbons (Fsp3) is 0.182. The monoisotopic (exact) mass is 412 g/mol. The zero-order valence-corrected chi connectivity index (χ0v) is 16.6. The van der Waals surface area contributed by atoms with Crippen LogP contribution in [0.1, 0.15) is 29.5 Å². The van der Waals surface area contributed by atoms with E-state index >= 15 is 0 Å². The topological polar surface area (TPSA) is 80.6 Å². The molecule has 0 saturated heterocycles. The Balaban J connectivity index is 1.68. The molecule has 0 bridgehead atoms. The largest absolute Gasteiger partial charge is 0.481 e. The van der Waals surface area contributed by atoms with E-state index < -0.39 is 6.10 Å². The van der Waals surface area contributed by atoms with Crippen LogP contribution in [0.15, 0.2) is 71.3 Å². The van der Waals surface area contributed by atoms with Crippen molar-refractivity contribution < 1.29 is 18.7 Å². The fourth-order valence-electron chi connectivity index (χ4n) is 2.71. The molecule has 7 heteroatoms. The van der Waals surface area contributed by atoms with Crippen LogP contribution in [-0.2, 0) is 11.3 Å². The maximum absolute atomic E-state index is 12.7. The summed E-state index contributed by atoms with van der Waals surface area (Å²) >= 11 is 5.97. The maximum Gasteiger partial charge on any atom is 0.265 e. The quantitative estimate of drug-likeness (QED) is 0.564. The van der Waals surface area contributed by atoms with Gasteiger partial charge in [0.25, 0.3) is 11.8 Å². The number of para-hydroxylation sites is 1. The minimum absolute atomic E-state index is 0.254. The van der Waals surface area contributed by atoms with E-state index in [-0.39, 0.29) is 18.4 Å². The first kappa shape index (κ1) is 20.5. The number of amides is 2. The van der Waals surface area contributed by atoms with E-state index in [1.165, 1.54) is 0 Å². The predicted molar refractivity (Wildman–Crippen MR) is 111 cm³/mol. The summed E-state index contributed by atoms with van der Waals surface area (Å²) in [6, 6.07) is 17.2. The van der Waals surface area contributed by atoms with Gasteiger partial charge in [-0.1, -0.05) is 36.7 Å². The van der Waals surface area contributed by atoms with Crippen molar-refractivity contribution in [2.24, 2.45) is 0 Å². The van der Waals surface area contributed by atoms with Crippen LogP contribution in [0.25, 0.3) is 0 Å². The van der Waals surface area contributed by atoms with Gasteiger partial charge in [0.2, 0.25) is 0 Å². The standard InChI is InChI=1S/C22H21ClN2O4/c1-2-20(29-16-8-5-7-15(23)13-16)22(27)25-19-11-4-3-10-18(19)21(26)24-14-17-9-6-12-28-17/h3-13,20H,2,14H2,1H3,(H,24,26)(H,25,27). The molecule has 0 saturated carbocycles. The number of ether oxygens (including phenoxy) is 1. The highest BCUT2D eigenvalue weighted by atomic mass is 35.5. The Morgan fingerprint density at radius 2 is 1.93 bits per heavy atom. The zero-order chi connectivity index (χ0) is 20.6. The lowest BCUT2D eigenvalue weighted by atomic mass is 10.1. The molecule has 0 aliphatic heterocycles. The lowest BCUT2D eigenvalue weighted by Gasteiger charge is -2.18. The third kappa shape index (κ3) is 5.62. The molecule has 29 heavy (non-hydrogen) atoms. The molecule has 6 nitrogen and oxygen atoms in total. The van der Waals surface area contributed by atoms with Crippen molar-refractivity contribution in [3.05, 3.63) is 83.3 Å². The Morgan fingerprint density at radius 3 is 2.66 bits per heavy atom. The lowest BCUT2D eigenvalue weighted by molar-refractivity contribution is -0.122.